The molecule has 3 nitrogen and oxygen atoms in total. The zero-order valence-electron chi connectivity index (χ0n) is 10.9. The summed E-state index contributed by atoms with van der Waals surface area (Å²) in [5.41, 5.74) is 0. The largest absolute Gasteiger partial charge is 0.433 e. The maximum absolute atomic E-state index is 8.72. The molecule has 0 heterocycles. The molecule has 0 saturated heterocycles. The smallest absolute Gasteiger partial charge is 0.266 e. The molecule has 1 aliphatic carbocycles. The highest BCUT2D eigenvalue weighted by Gasteiger charge is 2.15. The van der Waals surface area contributed by atoms with Crippen molar-refractivity contribution in [2.24, 2.45) is 10.9 Å². The Bertz CT molecular complexity index is 447. The van der Waals surface area contributed by atoms with E-state index in [4.69, 9.17) is 10.00 Å². The minimum absolute atomic E-state index is 0.458. The molecule has 0 spiro atoms. The average molecular weight is 274 g/mol. The lowest BCUT2D eigenvalue weighted by Gasteiger charge is -2.20. The molecule has 0 aliphatic heterocycles. The van der Waals surface area contributed by atoms with Crippen molar-refractivity contribution >= 4 is 17.0 Å². The van der Waals surface area contributed by atoms with Crippen molar-refractivity contribution in [3.05, 3.63) is 30.3 Å². The van der Waals surface area contributed by atoms with E-state index in [1.54, 1.807) is 11.8 Å². The van der Waals surface area contributed by atoms with Crippen LogP contribution < -0.4 is 4.74 Å². The molecule has 1 aliphatic rings. The summed E-state index contributed by atoms with van der Waals surface area (Å²) in [7, 11) is 0. The number of hydrogen-bond donors (Lipinski definition) is 0. The molecule has 100 valence electrons. The Hall–Kier alpha value is -1.47. The van der Waals surface area contributed by atoms with Gasteiger partial charge in [-0.2, -0.15) is 5.26 Å². The highest BCUT2D eigenvalue weighted by molar-refractivity contribution is 8.13. The van der Waals surface area contributed by atoms with Crippen molar-refractivity contribution in [2.75, 3.05) is 5.75 Å². The van der Waals surface area contributed by atoms with Crippen molar-refractivity contribution in [2.45, 2.75) is 32.1 Å². The molecule has 0 amide bonds. The van der Waals surface area contributed by atoms with Gasteiger partial charge in [0.05, 0.1) is 0 Å². The van der Waals surface area contributed by atoms with Gasteiger partial charge in [-0.25, -0.2) is 0 Å². The molecule has 0 bridgehead atoms. The Kier molecular flexibility index (Phi) is 5.77. The molecule has 19 heavy (non-hydrogen) atoms. The van der Waals surface area contributed by atoms with Gasteiger partial charge >= 0.3 is 0 Å². The summed E-state index contributed by atoms with van der Waals surface area (Å²) >= 11 is 1.55. The van der Waals surface area contributed by atoms with Crippen LogP contribution in [0.2, 0.25) is 0 Å². The third-order valence-electron chi connectivity index (χ3n) is 3.26. The first-order chi connectivity index (χ1) is 9.38. The number of ether oxygens (including phenoxy) is 1. The number of nitriles is 1. The van der Waals surface area contributed by atoms with Crippen LogP contribution in [0.1, 0.15) is 32.1 Å². The number of hydrogen-bond acceptors (Lipinski definition) is 4. The Morgan fingerprint density at radius 3 is 2.68 bits per heavy atom. The van der Waals surface area contributed by atoms with Gasteiger partial charge in [0.1, 0.15) is 5.75 Å². The second kappa shape index (κ2) is 7.85. The average Bonchev–Trinajstić information content (AvgIpc) is 2.47. The van der Waals surface area contributed by atoms with Crippen LogP contribution in [0.25, 0.3) is 0 Å². The molecule has 1 saturated carbocycles. The molecule has 4 heteroatoms. The Labute approximate surface area is 118 Å². The van der Waals surface area contributed by atoms with Crippen LogP contribution in [-0.2, 0) is 0 Å². The van der Waals surface area contributed by atoms with Crippen LogP contribution in [0.4, 0.5) is 0 Å². The Balaban J connectivity index is 1.86. The predicted molar refractivity (Wildman–Crippen MR) is 79.2 cm³/mol. The SMILES string of the molecule is N#CN=C(Oc1ccccc1)SCC1CCCCC1. The summed E-state index contributed by atoms with van der Waals surface area (Å²) in [5, 5.41) is 9.18. The van der Waals surface area contributed by atoms with E-state index in [1.807, 2.05) is 36.5 Å². The zero-order chi connectivity index (χ0) is 13.3. The van der Waals surface area contributed by atoms with Crippen LogP contribution >= 0.6 is 11.8 Å². The number of nitrogens with zero attached hydrogens (tertiary/aromatic N) is 2. The first-order valence-corrected chi connectivity index (χ1v) is 7.69. The van der Waals surface area contributed by atoms with Crippen molar-refractivity contribution in [3.8, 4) is 11.9 Å². The van der Waals surface area contributed by atoms with Crippen molar-refractivity contribution < 1.29 is 4.74 Å². The third kappa shape index (κ3) is 4.96. The molecule has 1 fully saturated rings. The molecule has 1 aromatic carbocycles. The minimum atomic E-state index is 0.458. The van der Waals surface area contributed by atoms with Gasteiger partial charge in [-0.15, -0.1) is 4.99 Å². The van der Waals surface area contributed by atoms with E-state index in [0.29, 0.717) is 5.23 Å². The van der Waals surface area contributed by atoms with E-state index in [9.17, 15) is 0 Å². The maximum Gasteiger partial charge on any atom is 0.266 e. The van der Waals surface area contributed by atoms with E-state index in [-0.39, 0.29) is 0 Å². The van der Waals surface area contributed by atoms with Gasteiger partial charge in [-0.05, 0) is 30.9 Å². The number of benzene rings is 1. The molecule has 1 aromatic rings. The van der Waals surface area contributed by atoms with Crippen LogP contribution in [0, 0.1) is 17.4 Å². The monoisotopic (exact) mass is 274 g/mol. The number of aliphatic imine (C=N–C) groups is 1. The number of rotatable bonds is 3. The predicted octanol–water partition coefficient (Wildman–Crippen LogP) is 4.22. The van der Waals surface area contributed by atoms with E-state index in [1.165, 1.54) is 32.1 Å². The molecule has 2 rings (SSSR count). The summed E-state index contributed by atoms with van der Waals surface area (Å²) in [6, 6.07) is 9.49. The standard InChI is InChI=1S/C15H18N2OS/c16-12-17-15(18-14-9-5-2-6-10-14)19-11-13-7-3-1-4-8-13/h2,5-6,9-10,13H,1,3-4,7-8,11H2. The van der Waals surface area contributed by atoms with Crippen LogP contribution in [0.15, 0.2) is 35.3 Å². The highest BCUT2D eigenvalue weighted by atomic mass is 32.2. The van der Waals surface area contributed by atoms with Gasteiger partial charge in [-0.1, -0.05) is 49.2 Å². The van der Waals surface area contributed by atoms with Crippen LogP contribution in [0.3, 0.4) is 0 Å². The Morgan fingerprint density at radius 1 is 1.26 bits per heavy atom. The fourth-order valence-electron chi connectivity index (χ4n) is 2.26. The van der Waals surface area contributed by atoms with Gasteiger partial charge in [0.15, 0.2) is 0 Å². The summed E-state index contributed by atoms with van der Waals surface area (Å²) in [6.07, 6.45) is 8.42. The van der Waals surface area contributed by atoms with Gasteiger partial charge in [0, 0.05) is 5.75 Å². The van der Waals surface area contributed by atoms with E-state index >= 15 is 0 Å². The first-order valence-electron chi connectivity index (χ1n) is 6.71. The molecule has 0 aromatic heterocycles. The summed E-state index contributed by atoms with van der Waals surface area (Å²) < 4.78 is 5.64. The molecular formula is C15H18N2OS. The normalized spacial score (nSPS) is 16.9. The molecule has 0 radical (unpaired) electrons. The Morgan fingerprint density at radius 2 is 2.00 bits per heavy atom. The van der Waals surface area contributed by atoms with Crippen molar-refractivity contribution in [1.82, 2.24) is 0 Å². The summed E-state index contributed by atoms with van der Waals surface area (Å²) in [6.45, 7) is 0. The number of thioether (sulfide) groups is 1. The molecule has 0 unspecified atom stereocenters. The van der Waals surface area contributed by atoms with Gasteiger partial charge in [-0.3, -0.25) is 0 Å². The third-order valence-corrected chi connectivity index (χ3v) is 4.32. The van der Waals surface area contributed by atoms with Crippen molar-refractivity contribution in [1.29, 1.82) is 5.26 Å². The zero-order valence-corrected chi connectivity index (χ0v) is 11.7. The van der Waals surface area contributed by atoms with Crippen LogP contribution in [-0.4, -0.2) is 11.0 Å². The number of para-hydroxylation sites is 1. The quantitative estimate of drug-likeness (QED) is 0.471. The summed E-state index contributed by atoms with van der Waals surface area (Å²) in [5.74, 6) is 2.46. The van der Waals surface area contributed by atoms with Gasteiger partial charge in [0.2, 0.25) is 6.19 Å². The lowest BCUT2D eigenvalue weighted by atomic mass is 9.91. The highest BCUT2D eigenvalue weighted by Crippen LogP contribution is 2.27. The lowest BCUT2D eigenvalue weighted by Crippen LogP contribution is -2.12. The van der Waals surface area contributed by atoms with Crippen molar-refractivity contribution in [3.63, 3.8) is 0 Å². The summed E-state index contributed by atoms with van der Waals surface area (Å²) in [4.78, 5) is 3.77. The van der Waals surface area contributed by atoms with E-state index in [2.05, 4.69) is 4.99 Å². The molecule has 0 N–H and O–H groups in total. The second-order valence-corrected chi connectivity index (χ2v) is 5.68. The maximum atomic E-state index is 8.72. The van der Waals surface area contributed by atoms with Crippen LogP contribution in [0.5, 0.6) is 5.75 Å². The van der Waals surface area contributed by atoms with Gasteiger partial charge in [0.25, 0.3) is 5.23 Å². The first kappa shape index (κ1) is 14.0. The van der Waals surface area contributed by atoms with E-state index in [0.717, 1.165) is 17.4 Å². The second-order valence-electron chi connectivity index (χ2n) is 4.71. The minimum Gasteiger partial charge on any atom is -0.433 e. The fourth-order valence-corrected chi connectivity index (χ4v) is 3.23. The van der Waals surface area contributed by atoms with Gasteiger partial charge < -0.3 is 4.74 Å². The topological polar surface area (TPSA) is 45.4 Å². The molecular weight excluding hydrogens is 256 g/mol. The lowest BCUT2D eigenvalue weighted by molar-refractivity contribution is 0.391. The molecule has 0 atom stereocenters. The fraction of sp³-hybridized carbons (Fsp3) is 0.467. The van der Waals surface area contributed by atoms with E-state index < -0.39 is 0 Å².